The number of carbonyl (C=O) groups is 1. The number of nitrogens with one attached hydrogen (secondary N) is 3. The van der Waals surface area contributed by atoms with E-state index in [1.54, 1.807) is 31.7 Å². The fourth-order valence-electron chi connectivity index (χ4n) is 3.92. The van der Waals surface area contributed by atoms with Crippen LogP contribution in [0.2, 0.25) is 5.02 Å². The number of hydrogen-bond donors (Lipinski definition) is 3. The van der Waals surface area contributed by atoms with E-state index in [0.29, 0.717) is 34.8 Å². The second-order valence-electron chi connectivity index (χ2n) is 8.69. The fourth-order valence-corrected chi connectivity index (χ4v) is 4.12. The average molecular weight is 559 g/mol. The number of aromatic nitrogens is 4. The summed E-state index contributed by atoms with van der Waals surface area (Å²) in [6, 6.07) is 4.19. The second-order valence-corrected chi connectivity index (χ2v) is 9.13. The maximum absolute atomic E-state index is 15.3. The van der Waals surface area contributed by atoms with E-state index in [2.05, 4.69) is 32.4 Å². The third-order valence-corrected chi connectivity index (χ3v) is 6.10. The van der Waals surface area contributed by atoms with E-state index in [9.17, 15) is 9.18 Å². The average Bonchev–Trinajstić information content (AvgIpc) is 3.55. The van der Waals surface area contributed by atoms with Gasteiger partial charge in [0.1, 0.15) is 23.9 Å². The predicted molar refractivity (Wildman–Crippen MR) is 140 cm³/mol. The molecule has 2 atom stereocenters. The lowest BCUT2D eigenvalue weighted by Crippen LogP contribution is -3.21. The van der Waals surface area contributed by atoms with Crippen LogP contribution < -0.4 is 20.5 Å². The molecule has 0 saturated carbocycles. The highest BCUT2D eigenvalue weighted by Crippen LogP contribution is 2.36. The molecule has 4 aromatic rings. The molecular weight excluding hydrogens is 532 g/mol. The Labute approximate surface area is 228 Å². The summed E-state index contributed by atoms with van der Waals surface area (Å²) in [6.45, 7) is 7.57. The molecule has 13 heteroatoms. The highest BCUT2D eigenvalue weighted by Gasteiger charge is 2.25. The van der Waals surface area contributed by atoms with E-state index in [-0.39, 0.29) is 27.2 Å². The van der Waals surface area contributed by atoms with Crippen LogP contribution in [0.25, 0.3) is 28.1 Å². The second kappa shape index (κ2) is 11.6. The number of urea groups is 1. The highest BCUT2D eigenvalue weighted by atomic mass is 35.5. The quantitative estimate of drug-likeness (QED) is 0.267. The van der Waals surface area contributed by atoms with E-state index in [4.69, 9.17) is 20.9 Å². The number of quaternary nitrogens is 1. The molecule has 0 radical (unpaired) electrons. The maximum Gasteiger partial charge on any atom is 0.439 e. The van der Waals surface area contributed by atoms with E-state index >= 15 is 4.39 Å². The third kappa shape index (κ3) is 6.07. The molecule has 1 aromatic carbocycles. The summed E-state index contributed by atoms with van der Waals surface area (Å²) in [5, 5.41) is 6.85. The first-order valence-electron chi connectivity index (χ1n) is 11.9. The summed E-state index contributed by atoms with van der Waals surface area (Å²) in [5.41, 5.74) is 4.39. The van der Waals surface area contributed by atoms with Gasteiger partial charge in [0.05, 0.1) is 36.9 Å². The number of methoxy groups -OCH3 is 1. The van der Waals surface area contributed by atoms with Crippen molar-refractivity contribution in [1.82, 2.24) is 30.4 Å². The van der Waals surface area contributed by atoms with Crippen molar-refractivity contribution in [2.75, 3.05) is 13.7 Å². The van der Waals surface area contributed by atoms with Gasteiger partial charge in [-0.05, 0) is 42.8 Å². The summed E-state index contributed by atoms with van der Waals surface area (Å²) in [4.78, 5) is 21.4. The van der Waals surface area contributed by atoms with Crippen molar-refractivity contribution in [3.63, 3.8) is 0 Å². The molecule has 3 aromatic heterocycles. The number of carbonyl (C=O) groups excluding carboxylic acids is 1. The van der Waals surface area contributed by atoms with Gasteiger partial charge in [0.25, 0.3) is 5.88 Å². The Morgan fingerprint density at radius 2 is 2.03 bits per heavy atom. The number of hydrogen-bond acceptors (Lipinski definition) is 7. The monoisotopic (exact) mass is 558 g/mol. The molecule has 2 amide bonds. The van der Waals surface area contributed by atoms with Gasteiger partial charge in [-0.3, -0.25) is 10.3 Å². The van der Waals surface area contributed by atoms with E-state index in [0.717, 1.165) is 0 Å². The first kappa shape index (κ1) is 27.7. The summed E-state index contributed by atoms with van der Waals surface area (Å²) in [6.07, 6.45) is 4.59. The van der Waals surface area contributed by atoms with Crippen molar-refractivity contribution in [3.8, 4) is 28.3 Å². The Bertz CT molecular complexity index is 1520. The lowest BCUT2D eigenvalue weighted by molar-refractivity contribution is -0.853. The predicted octanol–water partition coefficient (Wildman–Crippen LogP) is 3.93. The Kier molecular flexibility index (Phi) is 8.27. The van der Waals surface area contributed by atoms with Crippen molar-refractivity contribution >= 4 is 23.3 Å². The molecule has 3 heterocycles. The molecule has 10 nitrogen and oxygen atoms in total. The molecule has 0 fully saturated rings. The van der Waals surface area contributed by atoms with Gasteiger partial charge in [0.15, 0.2) is 5.76 Å². The summed E-state index contributed by atoms with van der Waals surface area (Å²) < 4.78 is 42.0. The molecule has 0 saturated heterocycles. The summed E-state index contributed by atoms with van der Waals surface area (Å²) in [5.74, 6) is -0.718. The number of ether oxygens (including phenoxy) is 1. The van der Waals surface area contributed by atoms with Crippen molar-refractivity contribution in [2.24, 2.45) is 7.05 Å². The van der Waals surface area contributed by atoms with Crippen LogP contribution in [-0.4, -0.2) is 39.4 Å². The largest absolute Gasteiger partial charge is 0.479 e. The minimum absolute atomic E-state index is 0.00300. The van der Waals surface area contributed by atoms with Gasteiger partial charge in [-0.1, -0.05) is 18.2 Å². The van der Waals surface area contributed by atoms with Crippen LogP contribution >= 0.6 is 11.6 Å². The third-order valence-electron chi connectivity index (χ3n) is 5.88. The maximum atomic E-state index is 15.3. The van der Waals surface area contributed by atoms with Gasteiger partial charge >= 0.3 is 6.03 Å². The molecule has 0 bridgehead atoms. The van der Waals surface area contributed by atoms with Crippen LogP contribution in [0.4, 0.5) is 13.6 Å². The van der Waals surface area contributed by atoms with E-state index < -0.39 is 23.7 Å². The number of amides is 2. The van der Waals surface area contributed by atoms with E-state index in [1.807, 2.05) is 0 Å². The smallest absolute Gasteiger partial charge is 0.439 e. The standard InChI is InChI=1S/C26H26ClF2N7O3/c1-6-36(33-14(2)22-10-23(38-5)34-39-22)26(37)32-15(3)25-20(29)7-16(11-30-25)18-8-17(27)9-19(28)24(18)21-12-35(4)13-31-21/h7-13,15,33H,2,6H2,1,3-5H3,(H,32,37)/p+1/t15-/m1/s1. The lowest BCUT2D eigenvalue weighted by atomic mass is 9.98. The zero-order valence-electron chi connectivity index (χ0n) is 21.7. The van der Waals surface area contributed by atoms with Crippen LogP contribution in [0, 0.1) is 11.6 Å². The number of aryl methyl sites for hydroxylation is 1. The molecule has 204 valence electrons. The zero-order chi connectivity index (χ0) is 28.3. The van der Waals surface area contributed by atoms with Crippen molar-refractivity contribution < 1.29 is 27.8 Å². The van der Waals surface area contributed by atoms with Crippen LogP contribution in [0.1, 0.15) is 31.3 Å². The van der Waals surface area contributed by atoms with Crippen molar-refractivity contribution in [2.45, 2.75) is 19.9 Å². The number of nitrogens with zero attached hydrogens (tertiary/aromatic N) is 4. The molecule has 1 unspecified atom stereocenters. The normalized spacial score (nSPS) is 12.6. The molecule has 0 aliphatic heterocycles. The Morgan fingerprint density at radius 1 is 1.26 bits per heavy atom. The summed E-state index contributed by atoms with van der Waals surface area (Å²) >= 11 is 6.11. The van der Waals surface area contributed by atoms with Crippen LogP contribution in [0.15, 0.2) is 54.1 Å². The van der Waals surface area contributed by atoms with Gasteiger partial charge in [-0.25, -0.2) is 24.0 Å². The highest BCUT2D eigenvalue weighted by molar-refractivity contribution is 6.31. The van der Waals surface area contributed by atoms with Crippen LogP contribution in [-0.2, 0) is 7.05 Å². The molecule has 0 aliphatic rings. The number of pyridine rings is 1. The molecule has 3 N–H and O–H groups in total. The zero-order valence-corrected chi connectivity index (χ0v) is 22.4. The van der Waals surface area contributed by atoms with Gasteiger partial charge < -0.3 is 13.8 Å². The molecule has 39 heavy (non-hydrogen) atoms. The summed E-state index contributed by atoms with van der Waals surface area (Å²) in [7, 11) is 3.20. The topological polar surface area (TPSA) is 112 Å². The molecule has 0 spiro atoms. The number of halogens is 3. The fraction of sp³-hybridized carbons (Fsp3) is 0.231. The van der Waals surface area contributed by atoms with Crippen molar-refractivity contribution in [1.29, 1.82) is 0 Å². The van der Waals surface area contributed by atoms with Crippen LogP contribution in [0.3, 0.4) is 0 Å². The van der Waals surface area contributed by atoms with Gasteiger partial charge in [0.2, 0.25) is 0 Å². The number of benzene rings is 1. The van der Waals surface area contributed by atoms with Crippen LogP contribution in [0.5, 0.6) is 5.88 Å². The van der Waals surface area contributed by atoms with E-state index in [1.165, 1.54) is 43.9 Å². The Balaban J connectivity index is 1.53. The van der Waals surface area contributed by atoms with Crippen molar-refractivity contribution in [3.05, 3.63) is 77.7 Å². The van der Waals surface area contributed by atoms with Gasteiger partial charge in [0, 0.05) is 35.6 Å². The Hall–Kier alpha value is -4.29. The number of imidazole rings is 1. The number of rotatable bonds is 9. The molecule has 4 rings (SSSR count). The minimum atomic E-state index is -0.792. The molecular formula is C26H27ClF2N7O3+. The lowest BCUT2D eigenvalue weighted by Gasteiger charge is -2.20. The Morgan fingerprint density at radius 3 is 2.64 bits per heavy atom. The SMILES string of the molecule is C=C(N[NH+](CC)C(=O)N[C@H](C)c1ncc(-c2cc(Cl)cc(F)c2-c2cn(C)cn2)cc1F)c1cc(OC)no1. The van der Waals surface area contributed by atoms with Gasteiger partial charge in [-0.2, -0.15) is 5.01 Å². The first-order valence-corrected chi connectivity index (χ1v) is 12.3. The molecule has 0 aliphatic carbocycles. The first-order chi connectivity index (χ1) is 18.6. The van der Waals surface area contributed by atoms with Gasteiger partial charge in [-0.15, -0.1) is 0 Å². The minimum Gasteiger partial charge on any atom is -0.479 e.